The molecule has 6 heteroatoms. The smallest absolute Gasteiger partial charge is 0.206 e. The second-order valence-electron chi connectivity index (χ2n) is 5.13. The summed E-state index contributed by atoms with van der Waals surface area (Å²) in [5.74, 6) is 0. The number of halogens is 2. The van der Waals surface area contributed by atoms with Crippen molar-refractivity contribution in [2.75, 3.05) is 4.31 Å². The molecule has 0 aromatic heterocycles. The fourth-order valence-corrected chi connectivity index (χ4v) is 3.75. The van der Waals surface area contributed by atoms with Crippen LogP contribution in [0.5, 0.6) is 0 Å². The molecule has 0 bridgehead atoms. The lowest BCUT2D eigenvalue weighted by molar-refractivity contribution is 0.161. The highest BCUT2D eigenvalue weighted by Crippen LogP contribution is 2.32. The molecular formula is C16H17F2NO2S. The first-order valence-corrected chi connectivity index (χ1v) is 8.14. The molecule has 22 heavy (non-hydrogen) atoms. The Morgan fingerprint density at radius 1 is 0.909 bits per heavy atom. The number of hydrogen-bond donors (Lipinski definition) is 0. The lowest BCUT2D eigenvalue weighted by Gasteiger charge is -2.26. The van der Waals surface area contributed by atoms with E-state index < -0.39 is 16.6 Å². The van der Waals surface area contributed by atoms with Crippen molar-refractivity contribution in [3.05, 3.63) is 59.2 Å². The number of anilines is 1. The Labute approximate surface area is 129 Å². The molecule has 0 aliphatic carbocycles. The van der Waals surface area contributed by atoms with Crippen LogP contribution in [-0.2, 0) is 10.0 Å². The number of alkyl halides is 2. The summed E-state index contributed by atoms with van der Waals surface area (Å²) in [4.78, 5) is -0.152. The Kier molecular flexibility index (Phi) is 4.51. The summed E-state index contributed by atoms with van der Waals surface area (Å²) >= 11 is 0. The minimum Gasteiger partial charge on any atom is -0.206 e. The van der Waals surface area contributed by atoms with Crippen molar-refractivity contribution < 1.29 is 17.2 Å². The van der Waals surface area contributed by atoms with Gasteiger partial charge in [0.2, 0.25) is 0 Å². The number of nitrogens with zero attached hydrogens (tertiary/aromatic N) is 1. The minimum atomic E-state index is -4.33. The van der Waals surface area contributed by atoms with Gasteiger partial charge in [0.1, 0.15) is 0 Å². The van der Waals surface area contributed by atoms with E-state index in [2.05, 4.69) is 0 Å². The Hall–Kier alpha value is -1.95. The van der Waals surface area contributed by atoms with Gasteiger partial charge < -0.3 is 0 Å². The average Bonchev–Trinajstić information content (AvgIpc) is 2.42. The van der Waals surface area contributed by atoms with Crippen LogP contribution in [-0.4, -0.2) is 15.0 Å². The zero-order chi connectivity index (χ0) is 16.5. The Balaban J connectivity index is 2.64. The van der Waals surface area contributed by atoms with E-state index in [1.807, 2.05) is 0 Å². The van der Waals surface area contributed by atoms with Gasteiger partial charge in [-0.05, 0) is 44.0 Å². The standard InChI is InChI=1S/C16H17F2NO2S/c1-11-7-9-14(10-8-11)22(20,21)19(16(17)18)15-12(2)5-4-6-13(15)3/h4-10,16H,1-3H3. The van der Waals surface area contributed by atoms with Crippen molar-refractivity contribution >= 4 is 15.7 Å². The molecule has 0 radical (unpaired) electrons. The number of rotatable bonds is 4. The zero-order valence-corrected chi connectivity index (χ0v) is 13.4. The Bertz CT molecular complexity index is 751. The molecule has 0 spiro atoms. The summed E-state index contributed by atoms with van der Waals surface area (Å²) in [5, 5.41) is 0. The first-order valence-electron chi connectivity index (χ1n) is 6.70. The molecule has 2 rings (SSSR count). The number of aryl methyl sites for hydroxylation is 3. The van der Waals surface area contributed by atoms with Crippen LogP contribution in [0.2, 0.25) is 0 Å². The van der Waals surface area contributed by atoms with Crippen LogP contribution in [0.25, 0.3) is 0 Å². The molecule has 0 unspecified atom stereocenters. The maximum absolute atomic E-state index is 13.6. The van der Waals surface area contributed by atoms with E-state index in [4.69, 9.17) is 0 Å². The molecule has 0 heterocycles. The summed E-state index contributed by atoms with van der Waals surface area (Å²) in [7, 11) is -4.33. The second kappa shape index (κ2) is 6.04. The molecule has 0 amide bonds. The Morgan fingerprint density at radius 3 is 1.86 bits per heavy atom. The molecule has 0 saturated carbocycles. The maximum Gasteiger partial charge on any atom is 0.328 e. The van der Waals surface area contributed by atoms with Crippen molar-refractivity contribution in [3.63, 3.8) is 0 Å². The van der Waals surface area contributed by atoms with Crippen LogP contribution >= 0.6 is 0 Å². The van der Waals surface area contributed by atoms with Gasteiger partial charge in [-0.1, -0.05) is 35.9 Å². The molecular weight excluding hydrogens is 308 g/mol. The summed E-state index contributed by atoms with van der Waals surface area (Å²) in [6, 6.07) is 10.8. The summed E-state index contributed by atoms with van der Waals surface area (Å²) in [6.07, 6.45) is 0. The lowest BCUT2D eigenvalue weighted by Crippen LogP contribution is -2.36. The molecule has 2 aromatic rings. The fourth-order valence-electron chi connectivity index (χ4n) is 2.30. The molecule has 0 saturated heterocycles. The normalized spacial score (nSPS) is 11.7. The minimum absolute atomic E-state index is 0.0260. The predicted molar refractivity (Wildman–Crippen MR) is 82.8 cm³/mol. The number of sulfonamides is 1. The van der Waals surface area contributed by atoms with Gasteiger partial charge in [-0.25, -0.2) is 12.7 Å². The molecule has 0 aliphatic rings. The molecule has 0 atom stereocenters. The topological polar surface area (TPSA) is 37.4 Å². The van der Waals surface area contributed by atoms with Crippen LogP contribution in [0.1, 0.15) is 16.7 Å². The maximum atomic E-state index is 13.6. The third-order valence-electron chi connectivity index (χ3n) is 3.41. The van der Waals surface area contributed by atoms with Crippen molar-refractivity contribution in [2.24, 2.45) is 0 Å². The fraction of sp³-hybridized carbons (Fsp3) is 0.250. The third-order valence-corrected chi connectivity index (χ3v) is 5.14. The van der Waals surface area contributed by atoms with Crippen molar-refractivity contribution in [3.8, 4) is 0 Å². The highest BCUT2D eigenvalue weighted by atomic mass is 32.2. The quantitative estimate of drug-likeness (QED) is 0.796. The largest absolute Gasteiger partial charge is 0.328 e. The summed E-state index contributed by atoms with van der Waals surface area (Å²) in [6.45, 7) is 1.86. The first-order chi connectivity index (χ1) is 10.2. The molecule has 0 fully saturated rings. The lowest BCUT2D eigenvalue weighted by atomic mass is 10.1. The summed E-state index contributed by atoms with van der Waals surface area (Å²) < 4.78 is 52.6. The second-order valence-corrected chi connectivity index (χ2v) is 6.95. The van der Waals surface area contributed by atoms with Gasteiger partial charge in [-0.2, -0.15) is 8.78 Å². The van der Waals surface area contributed by atoms with Gasteiger partial charge in [0.25, 0.3) is 10.0 Å². The van der Waals surface area contributed by atoms with E-state index in [1.165, 1.54) is 12.1 Å². The predicted octanol–water partition coefficient (Wildman–Crippen LogP) is 4.03. The number of benzene rings is 2. The molecule has 3 nitrogen and oxygen atoms in total. The first kappa shape index (κ1) is 16.4. The highest BCUT2D eigenvalue weighted by Gasteiger charge is 2.33. The van der Waals surface area contributed by atoms with Crippen LogP contribution in [0, 0.1) is 20.8 Å². The van der Waals surface area contributed by atoms with Crippen molar-refractivity contribution in [1.82, 2.24) is 0 Å². The van der Waals surface area contributed by atoms with Gasteiger partial charge in [-0.3, -0.25) is 0 Å². The highest BCUT2D eigenvalue weighted by molar-refractivity contribution is 7.92. The Morgan fingerprint density at radius 2 is 1.41 bits per heavy atom. The monoisotopic (exact) mass is 325 g/mol. The van der Waals surface area contributed by atoms with E-state index in [9.17, 15) is 17.2 Å². The van der Waals surface area contributed by atoms with Crippen LogP contribution < -0.4 is 4.31 Å². The van der Waals surface area contributed by atoms with Gasteiger partial charge in [0.05, 0.1) is 10.6 Å². The van der Waals surface area contributed by atoms with E-state index >= 15 is 0 Å². The number of para-hydroxylation sites is 1. The zero-order valence-electron chi connectivity index (χ0n) is 12.5. The van der Waals surface area contributed by atoms with Crippen LogP contribution in [0.15, 0.2) is 47.4 Å². The van der Waals surface area contributed by atoms with E-state index in [-0.39, 0.29) is 14.9 Å². The van der Waals surface area contributed by atoms with Crippen molar-refractivity contribution in [1.29, 1.82) is 0 Å². The molecule has 0 N–H and O–H groups in total. The molecule has 2 aromatic carbocycles. The van der Waals surface area contributed by atoms with Crippen molar-refractivity contribution in [2.45, 2.75) is 32.2 Å². The van der Waals surface area contributed by atoms with Gasteiger partial charge in [-0.15, -0.1) is 0 Å². The van der Waals surface area contributed by atoms with Gasteiger partial charge >= 0.3 is 6.55 Å². The number of hydrogen-bond acceptors (Lipinski definition) is 2. The van der Waals surface area contributed by atoms with Gasteiger partial charge in [0, 0.05) is 0 Å². The average molecular weight is 325 g/mol. The molecule has 118 valence electrons. The molecule has 0 aliphatic heterocycles. The van der Waals surface area contributed by atoms with E-state index in [0.29, 0.717) is 11.1 Å². The van der Waals surface area contributed by atoms with Crippen LogP contribution in [0.4, 0.5) is 14.5 Å². The SMILES string of the molecule is Cc1ccc(S(=O)(=O)N(c2c(C)cccc2C)C(F)F)cc1. The van der Waals surface area contributed by atoms with E-state index in [0.717, 1.165) is 5.56 Å². The summed E-state index contributed by atoms with van der Waals surface area (Å²) in [5.41, 5.74) is 1.85. The van der Waals surface area contributed by atoms with Crippen LogP contribution in [0.3, 0.4) is 0 Å². The van der Waals surface area contributed by atoms with E-state index in [1.54, 1.807) is 51.1 Å². The van der Waals surface area contributed by atoms with Gasteiger partial charge in [0.15, 0.2) is 0 Å². The third kappa shape index (κ3) is 2.97.